The van der Waals surface area contributed by atoms with Gasteiger partial charge in [-0.3, -0.25) is 9.05 Å². The van der Waals surface area contributed by atoms with Crippen molar-refractivity contribution in [2.75, 3.05) is 14.2 Å². The van der Waals surface area contributed by atoms with Crippen LogP contribution in [0.2, 0.25) is 0 Å². The molecule has 0 unspecified atom stereocenters. The molecule has 0 saturated heterocycles. The van der Waals surface area contributed by atoms with Crippen LogP contribution in [0.25, 0.3) is 0 Å². The topological polar surface area (TPSA) is 144 Å². The zero-order chi connectivity index (χ0) is 67.7. The van der Waals surface area contributed by atoms with Gasteiger partial charge in [0.05, 0.1) is 0 Å². The Morgan fingerprint density at radius 1 is 0.255 bits per heavy atom. The van der Waals surface area contributed by atoms with Crippen molar-refractivity contribution < 1.29 is 46.1 Å². The van der Waals surface area contributed by atoms with Gasteiger partial charge in [-0.2, -0.15) is 0 Å². The van der Waals surface area contributed by atoms with E-state index >= 15 is 0 Å². The molecule has 98 heavy (non-hydrogen) atoms. The maximum Gasteiger partial charge on any atom is 0.462 e. The van der Waals surface area contributed by atoms with Gasteiger partial charge in [0.1, 0.15) is 46.0 Å². The van der Waals surface area contributed by atoms with Crippen molar-refractivity contribution in [1.82, 2.24) is 19.9 Å². The predicted molar refractivity (Wildman–Crippen MR) is 395 cm³/mol. The molecule has 6 aromatic rings. The third-order valence-corrected chi connectivity index (χ3v) is 23.0. The van der Waals surface area contributed by atoms with Crippen LogP contribution in [0, 0.1) is 0 Å². The van der Waals surface area contributed by atoms with Crippen molar-refractivity contribution in [1.29, 1.82) is 0 Å². The highest BCUT2D eigenvalue weighted by Crippen LogP contribution is 2.61. The van der Waals surface area contributed by atoms with Gasteiger partial charge in [0.2, 0.25) is 0 Å². The fourth-order valence-electron chi connectivity index (χ4n) is 15.6. The van der Waals surface area contributed by atoms with Gasteiger partial charge in [-0.25, -0.2) is 19.9 Å². The molecule has 0 atom stereocenters. The van der Waals surface area contributed by atoms with Gasteiger partial charge in [-0.15, -0.1) is 0 Å². The molecule has 0 fully saturated rings. The third kappa shape index (κ3) is 19.4. The highest BCUT2D eigenvalue weighted by molar-refractivity contribution is 7.42. The van der Waals surface area contributed by atoms with E-state index in [1.165, 1.54) is 180 Å². The molecule has 16 heteroatoms. The number of unbranched alkanes of at least 4 members (excludes halogenated alkanes) is 32. The number of hydrogen-bond donors (Lipinski definition) is 0. The Hall–Kier alpha value is -5.78. The molecule has 0 amide bonds. The number of hydrogen-bond acceptors (Lipinski definition) is 14. The van der Waals surface area contributed by atoms with Gasteiger partial charge in [-0.1, -0.05) is 259 Å². The Labute approximate surface area is 589 Å². The second-order valence-electron chi connectivity index (χ2n) is 28.3. The lowest BCUT2D eigenvalue weighted by molar-refractivity contribution is 0.313. The quantitative estimate of drug-likeness (QED) is 0.0265. The van der Waals surface area contributed by atoms with Gasteiger partial charge in [-0.05, 0) is 49.9 Å². The van der Waals surface area contributed by atoms with Crippen molar-refractivity contribution in [2.45, 2.75) is 308 Å². The van der Waals surface area contributed by atoms with Crippen molar-refractivity contribution >= 4 is 17.2 Å². The van der Waals surface area contributed by atoms with E-state index in [1.54, 1.807) is 39.0 Å². The highest BCUT2D eigenvalue weighted by atomic mass is 31.2. The average molecular weight is 1380 g/mol. The first kappa shape index (κ1) is 73.4. The normalized spacial score (nSPS) is 18.2. The van der Waals surface area contributed by atoms with Crippen LogP contribution in [0.1, 0.15) is 353 Å². The van der Waals surface area contributed by atoms with Crippen LogP contribution >= 0.6 is 17.2 Å². The molecular weight excluding hydrogens is 1260 g/mol. The molecule has 0 saturated carbocycles. The molecule has 6 heterocycles. The van der Waals surface area contributed by atoms with E-state index in [9.17, 15) is 0 Å². The van der Waals surface area contributed by atoms with E-state index < -0.39 is 17.2 Å². The Kier molecular flexibility index (Phi) is 29.1. The molecule has 4 aromatic carbocycles. The van der Waals surface area contributed by atoms with Gasteiger partial charge >= 0.3 is 17.2 Å². The molecule has 532 valence electrons. The molecule has 1 aliphatic carbocycles. The molecule has 0 N–H and O–H groups in total. The van der Waals surface area contributed by atoms with Crippen LogP contribution in [0.5, 0.6) is 69.5 Å². The largest absolute Gasteiger partial charge is 0.462 e. The molecule has 5 aliphatic rings. The molecule has 14 nitrogen and oxygen atoms in total. The van der Waals surface area contributed by atoms with Gasteiger partial charge in [0, 0.05) is 131 Å². The molecule has 0 spiro atoms. The summed E-state index contributed by atoms with van der Waals surface area (Å²) in [7, 11) is -0.723. The maximum atomic E-state index is 7.22. The third-order valence-electron chi connectivity index (χ3n) is 21.0. The fourth-order valence-corrected chi connectivity index (χ4v) is 17.3. The second-order valence-corrected chi connectivity index (χ2v) is 30.7. The minimum absolute atomic E-state index is 0.188. The van der Waals surface area contributed by atoms with Gasteiger partial charge in [0.25, 0.3) is 23.5 Å². The first-order valence-electron chi connectivity index (χ1n) is 38.8. The number of aromatic nitrogens is 4. The maximum absolute atomic E-state index is 7.22. The first-order chi connectivity index (χ1) is 48.4. The fraction of sp³-hybridized carbons (Fsp3) is 0.610. The van der Waals surface area contributed by atoms with Crippen LogP contribution in [-0.2, 0) is 9.05 Å². The summed E-state index contributed by atoms with van der Waals surface area (Å²) in [6.07, 6.45) is 53.8. The van der Waals surface area contributed by atoms with Crippen LogP contribution in [0.4, 0.5) is 0 Å². The van der Waals surface area contributed by atoms with Gasteiger partial charge in [0.15, 0.2) is 0 Å². The Balaban J connectivity index is 1.15. The number of rotatable bonds is 42. The number of nitrogens with zero attached hydrogens (tertiary/aromatic N) is 4. The molecule has 8 bridgehead atoms. The molecule has 11 rings (SSSR count). The minimum atomic E-state index is -2.02. The van der Waals surface area contributed by atoms with E-state index in [2.05, 4.69) is 76.2 Å². The minimum Gasteiger partial charge on any atom is -0.434 e. The number of ether oxygens (including phenoxy) is 4. The van der Waals surface area contributed by atoms with Crippen LogP contribution < -0.4 is 37.0 Å². The molecular formula is C82H114N4O10P2. The molecule has 4 aliphatic heterocycles. The van der Waals surface area contributed by atoms with Crippen LogP contribution in [0.15, 0.2) is 73.3 Å². The summed E-state index contributed by atoms with van der Waals surface area (Å²) in [6.45, 7) is 9.18. The van der Waals surface area contributed by atoms with E-state index in [0.717, 1.165) is 122 Å². The summed E-state index contributed by atoms with van der Waals surface area (Å²) in [5.74, 6) is 5.36. The summed E-state index contributed by atoms with van der Waals surface area (Å²) in [5.41, 5.74) is 8.45. The predicted octanol–water partition coefficient (Wildman–Crippen LogP) is 26.9. The van der Waals surface area contributed by atoms with E-state index in [-0.39, 0.29) is 47.2 Å². The van der Waals surface area contributed by atoms with E-state index in [1.807, 2.05) is 0 Å². The summed E-state index contributed by atoms with van der Waals surface area (Å²) >= 11 is 0. The summed E-state index contributed by atoms with van der Waals surface area (Å²) in [4.78, 5) is 19.5. The Bertz CT molecular complexity index is 3050. The summed E-state index contributed by atoms with van der Waals surface area (Å²) in [6, 6.07) is 18.1. The van der Waals surface area contributed by atoms with Crippen molar-refractivity contribution in [3.05, 3.63) is 118 Å². The standard InChI is InChI=1S/C82H114N4O10P2/c1-7-11-15-19-23-27-31-35-39-43-59-63-51-67-61(45-41-37-33-29-25-21-17-13-9-3)69-53-65-60(44-40-36-32-28-24-20-16-12-8-2)66-54-70-62(46-42-38-34-30-26-22-18-14-10-4)68-52-64(59)72-56-76(68)94-98(88-6)96-78(70)58-74(66)92-82-81(85-49-50-86-82)91-73(65)57-77(69)95-97(87-5)93-75(67)55-71(63)89-79-80(90-72)84-48-47-83-79/h47-62H,7-46H2,1-6H3. The van der Waals surface area contributed by atoms with E-state index in [0.29, 0.717) is 46.0 Å². The molecule has 0 radical (unpaired) electrons. The van der Waals surface area contributed by atoms with Crippen molar-refractivity contribution in [2.24, 2.45) is 0 Å². The second kappa shape index (κ2) is 38.9. The number of fused-ring (bicyclic) bond motifs is 2. The Morgan fingerprint density at radius 3 is 0.633 bits per heavy atom. The van der Waals surface area contributed by atoms with E-state index in [4.69, 9.17) is 66.0 Å². The van der Waals surface area contributed by atoms with Gasteiger partial charge < -0.3 is 37.0 Å². The first-order valence-corrected chi connectivity index (χ1v) is 41.0. The lowest BCUT2D eigenvalue weighted by Gasteiger charge is -2.34. The Morgan fingerprint density at radius 2 is 0.439 bits per heavy atom. The summed E-state index contributed by atoms with van der Waals surface area (Å²) < 4.78 is 70.2. The highest BCUT2D eigenvalue weighted by Gasteiger charge is 2.41. The monoisotopic (exact) mass is 1380 g/mol. The zero-order valence-electron chi connectivity index (χ0n) is 60.3. The van der Waals surface area contributed by atoms with Crippen LogP contribution in [-0.4, -0.2) is 34.2 Å². The molecule has 2 aromatic heterocycles. The summed E-state index contributed by atoms with van der Waals surface area (Å²) in [5, 5.41) is 0. The van der Waals surface area contributed by atoms with Crippen LogP contribution in [0.3, 0.4) is 0 Å². The zero-order valence-corrected chi connectivity index (χ0v) is 62.1. The lowest BCUT2D eigenvalue weighted by Crippen LogP contribution is -2.16. The number of benzene rings is 4. The lowest BCUT2D eigenvalue weighted by atomic mass is 9.76. The average Bonchev–Trinajstić information content (AvgIpc) is 1.20. The SMILES string of the molecule is CCCCCCCCCCCC1c2cc3c4cc2Oc2nccnc2Oc2cc5c(cc21)C(CCCCCCCCCCC)c1cc2c(cc1OP(OC)O5)Oc1nccnc1Oc1cc(c(cc1C2CCCCCCCCCCC)C3CCCCCCCCCCC)OP(OC)O4. The van der Waals surface area contributed by atoms with Crippen molar-refractivity contribution in [3.63, 3.8) is 0 Å². The smallest absolute Gasteiger partial charge is 0.434 e. The van der Waals surface area contributed by atoms with Crippen molar-refractivity contribution in [3.8, 4) is 69.5 Å².